The number of rotatable bonds is 3. The average molecular weight is 244 g/mol. The van der Waals surface area contributed by atoms with Gasteiger partial charge in [-0.05, 0) is 29.7 Å². The number of hydrogen-bond donors (Lipinski definition) is 0. The summed E-state index contributed by atoms with van der Waals surface area (Å²) in [7, 11) is 1.38. The van der Waals surface area contributed by atoms with Gasteiger partial charge in [-0.3, -0.25) is 4.79 Å². The van der Waals surface area contributed by atoms with Crippen LogP contribution in [0.15, 0.2) is 36.4 Å². The van der Waals surface area contributed by atoms with Gasteiger partial charge in [0.15, 0.2) is 17.9 Å². The summed E-state index contributed by atoms with van der Waals surface area (Å²) in [6.45, 7) is 1.83. The van der Waals surface area contributed by atoms with Crippen molar-refractivity contribution in [3.8, 4) is 16.9 Å². The van der Waals surface area contributed by atoms with E-state index in [-0.39, 0.29) is 11.3 Å². The zero-order chi connectivity index (χ0) is 13.1. The Morgan fingerprint density at radius 1 is 1.22 bits per heavy atom. The molecule has 0 bridgehead atoms. The number of hydrogen-bond acceptors (Lipinski definition) is 2. The normalized spacial score (nSPS) is 10.2. The van der Waals surface area contributed by atoms with Gasteiger partial charge in [-0.15, -0.1) is 0 Å². The molecule has 0 saturated heterocycles. The monoisotopic (exact) mass is 244 g/mol. The largest absolute Gasteiger partial charge is 0.494 e. The Kier molecular flexibility index (Phi) is 3.42. The minimum absolute atomic E-state index is 0.0399. The Bertz CT molecular complexity index is 577. The maximum atomic E-state index is 14.0. The summed E-state index contributed by atoms with van der Waals surface area (Å²) in [5, 5.41) is 0. The summed E-state index contributed by atoms with van der Waals surface area (Å²) >= 11 is 0. The highest BCUT2D eigenvalue weighted by Crippen LogP contribution is 2.33. The van der Waals surface area contributed by atoms with Crippen molar-refractivity contribution in [3.63, 3.8) is 0 Å². The van der Waals surface area contributed by atoms with Gasteiger partial charge in [0.2, 0.25) is 0 Å². The number of aldehydes is 1. The van der Waals surface area contributed by atoms with E-state index in [4.69, 9.17) is 4.74 Å². The van der Waals surface area contributed by atoms with Crippen LogP contribution in [0.25, 0.3) is 11.1 Å². The molecule has 2 rings (SSSR count). The van der Waals surface area contributed by atoms with Gasteiger partial charge >= 0.3 is 0 Å². The molecular formula is C15H13FO2. The number of carbonyl (C=O) groups is 1. The van der Waals surface area contributed by atoms with Crippen LogP contribution in [0.2, 0.25) is 0 Å². The standard InChI is InChI=1S/C15H13FO2/c1-10-8-13(18-2)15(16)12(9-17)14(10)11-6-4-3-5-7-11/h3-9H,1-2H3. The third kappa shape index (κ3) is 1.99. The number of benzene rings is 2. The van der Waals surface area contributed by atoms with E-state index in [0.717, 1.165) is 11.1 Å². The highest BCUT2D eigenvalue weighted by Gasteiger charge is 2.17. The van der Waals surface area contributed by atoms with Crippen LogP contribution >= 0.6 is 0 Å². The van der Waals surface area contributed by atoms with E-state index in [1.54, 1.807) is 6.07 Å². The first-order chi connectivity index (χ1) is 8.69. The summed E-state index contributed by atoms with van der Waals surface area (Å²) in [5.41, 5.74) is 2.28. The Hall–Kier alpha value is -2.16. The van der Waals surface area contributed by atoms with Crippen molar-refractivity contribution in [2.75, 3.05) is 7.11 Å². The molecule has 18 heavy (non-hydrogen) atoms. The smallest absolute Gasteiger partial charge is 0.176 e. The summed E-state index contributed by atoms with van der Waals surface area (Å²) in [4.78, 5) is 11.1. The summed E-state index contributed by atoms with van der Waals surface area (Å²) < 4.78 is 19.0. The third-order valence-corrected chi connectivity index (χ3v) is 2.86. The van der Waals surface area contributed by atoms with Crippen molar-refractivity contribution in [2.24, 2.45) is 0 Å². The van der Waals surface area contributed by atoms with Crippen LogP contribution in [0.5, 0.6) is 5.75 Å². The maximum Gasteiger partial charge on any atom is 0.176 e. The van der Waals surface area contributed by atoms with Gasteiger partial charge in [0.1, 0.15) is 0 Å². The fraction of sp³-hybridized carbons (Fsp3) is 0.133. The fourth-order valence-corrected chi connectivity index (χ4v) is 2.03. The van der Waals surface area contributed by atoms with Crippen molar-refractivity contribution in [1.29, 1.82) is 0 Å². The SMILES string of the molecule is COc1cc(C)c(-c2ccccc2)c(C=O)c1F. The predicted molar refractivity (Wildman–Crippen MR) is 68.5 cm³/mol. The number of ether oxygens (including phenoxy) is 1. The van der Waals surface area contributed by atoms with Gasteiger partial charge in [0, 0.05) is 0 Å². The molecule has 2 aromatic carbocycles. The second-order valence-electron chi connectivity index (χ2n) is 3.98. The number of methoxy groups -OCH3 is 1. The van der Waals surface area contributed by atoms with Crippen LogP contribution in [0, 0.1) is 12.7 Å². The number of aryl methyl sites for hydroxylation is 1. The van der Waals surface area contributed by atoms with E-state index < -0.39 is 5.82 Å². The third-order valence-electron chi connectivity index (χ3n) is 2.86. The van der Waals surface area contributed by atoms with Gasteiger partial charge < -0.3 is 4.74 Å². The lowest BCUT2D eigenvalue weighted by Crippen LogP contribution is -2.00. The number of carbonyl (C=O) groups excluding carboxylic acids is 1. The second-order valence-corrected chi connectivity index (χ2v) is 3.98. The van der Waals surface area contributed by atoms with Crippen molar-refractivity contribution in [1.82, 2.24) is 0 Å². The molecule has 0 aliphatic rings. The molecule has 0 N–H and O–H groups in total. The molecule has 2 nitrogen and oxygen atoms in total. The maximum absolute atomic E-state index is 14.0. The van der Waals surface area contributed by atoms with Crippen LogP contribution in [0.3, 0.4) is 0 Å². The van der Waals surface area contributed by atoms with E-state index in [1.165, 1.54) is 7.11 Å². The van der Waals surface area contributed by atoms with Gasteiger partial charge in [-0.1, -0.05) is 30.3 Å². The lowest BCUT2D eigenvalue weighted by Gasteiger charge is -2.13. The molecule has 0 atom stereocenters. The van der Waals surface area contributed by atoms with Crippen molar-refractivity contribution in [2.45, 2.75) is 6.92 Å². The van der Waals surface area contributed by atoms with Gasteiger partial charge in [-0.25, -0.2) is 4.39 Å². The highest BCUT2D eigenvalue weighted by atomic mass is 19.1. The van der Waals surface area contributed by atoms with Crippen LogP contribution in [0.1, 0.15) is 15.9 Å². The first kappa shape index (κ1) is 12.3. The van der Waals surface area contributed by atoms with Crippen molar-refractivity contribution in [3.05, 3.63) is 53.3 Å². The molecule has 3 heteroatoms. The predicted octanol–water partition coefficient (Wildman–Crippen LogP) is 3.62. The second kappa shape index (κ2) is 5.00. The summed E-state index contributed by atoms with van der Waals surface area (Å²) in [5.74, 6) is -0.522. The Labute approximate surface area is 105 Å². The van der Waals surface area contributed by atoms with Crippen LogP contribution in [-0.4, -0.2) is 13.4 Å². The molecule has 0 aliphatic heterocycles. The molecule has 0 saturated carbocycles. The Balaban J connectivity index is 2.75. The molecule has 0 radical (unpaired) electrons. The van der Waals surface area contributed by atoms with Crippen molar-refractivity contribution >= 4 is 6.29 Å². The van der Waals surface area contributed by atoms with Gasteiger partial charge in [-0.2, -0.15) is 0 Å². The first-order valence-electron chi connectivity index (χ1n) is 5.56. The minimum Gasteiger partial charge on any atom is -0.494 e. The summed E-state index contributed by atoms with van der Waals surface area (Å²) in [6.07, 6.45) is 0.535. The molecule has 0 aliphatic carbocycles. The molecule has 2 aromatic rings. The van der Waals surface area contributed by atoms with E-state index in [0.29, 0.717) is 11.8 Å². The fourth-order valence-electron chi connectivity index (χ4n) is 2.03. The first-order valence-corrected chi connectivity index (χ1v) is 5.56. The average Bonchev–Trinajstić information content (AvgIpc) is 2.41. The lowest BCUT2D eigenvalue weighted by molar-refractivity contribution is 0.111. The van der Waals surface area contributed by atoms with Crippen LogP contribution in [0.4, 0.5) is 4.39 Å². The lowest BCUT2D eigenvalue weighted by atomic mass is 9.95. The summed E-state index contributed by atoms with van der Waals surface area (Å²) in [6, 6.07) is 10.9. The zero-order valence-electron chi connectivity index (χ0n) is 10.2. The quantitative estimate of drug-likeness (QED) is 0.771. The Morgan fingerprint density at radius 2 is 1.89 bits per heavy atom. The van der Waals surface area contributed by atoms with Gasteiger partial charge in [0.25, 0.3) is 0 Å². The molecule has 0 heterocycles. The molecule has 92 valence electrons. The molecular weight excluding hydrogens is 231 g/mol. The van der Waals surface area contributed by atoms with E-state index >= 15 is 0 Å². The van der Waals surface area contributed by atoms with Crippen LogP contribution in [-0.2, 0) is 0 Å². The van der Waals surface area contributed by atoms with Crippen LogP contribution < -0.4 is 4.74 Å². The van der Waals surface area contributed by atoms with E-state index in [2.05, 4.69) is 0 Å². The van der Waals surface area contributed by atoms with Crippen molar-refractivity contribution < 1.29 is 13.9 Å². The zero-order valence-corrected chi connectivity index (χ0v) is 10.2. The van der Waals surface area contributed by atoms with Gasteiger partial charge in [0.05, 0.1) is 12.7 Å². The van der Waals surface area contributed by atoms with E-state index in [1.807, 2.05) is 37.3 Å². The molecule has 0 amide bonds. The minimum atomic E-state index is -0.614. The molecule has 0 fully saturated rings. The Morgan fingerprint density at radius 3 is 2.44 bits per heavy atom. The van der Waals surface area contributed by atoms with E-state index in [9.17, 15) is 9.18 Å². The number of halogens is 1. The molecule has 0 unspecified atom stereocenters. The molecule has 0 spiro atoms. The topological polar surface area (TPSA) is 26.3 Å². The molecule has 0 aromatic heterocycles. The highest BCUT2D eigenvalue weighted by molar-refractivity contribution is 5.90.